The number of nitrogens with zero attached hydrogens (tertiary/aromatic N) is 3. The summed E-state index contributed by atoms with van der Waals surface area (Å²) in [5, 5.41) is 7.86. The normalized spacial score (nSPS) is 12.9. The molecule has 98 valence electrons. The minimum atomic E-state index is -0.0881. The zero-order chi connectivity index (χ0) is 13.2. The van der Waals surface area contributed by atoms with E-state index in [4.69, 9.17) is 5.73 Å². The number of para-hydroxylation sites is 1. The Morgan fingerprint density at radius 1 is 1.37 bits per heavy atom. The molecule has 0 spiro atoms. The Labute approximate surface area is 115 Å². The van der Waals surface area contributed by atoms with Gasteiger partial charge in [0.15, 0.2) is 0 Å². The van der Waals surface area contributed by atoms with Gasteiger partial charge in [0.05, 0.1) is 28.5 Å². The van der Waals surface area contributed by atoms with Crippen molar-refractivity contribution >= 4 is 22.2 Å². The zero-order valence-corrected chi connectivity index (χ0v) is 11.6. The van der Waals surface area contributed by atoms with E-state index in [1.807, 2.05) is 27.7 Å². The standard InChI is InChI=1S/C14H16N4S/c1-2-18-14-6-4-3-5-10(14)12(17-18)7-11(15)13-8-19-9-16-13/h3-6,8-9,11H,2,7,15H2,1H3. The van der Waals surface area contributed by atoms with E-state index in [1.165, 1.54) is 10.9 Å². The molecule has 0 saturated carbocycles. The number of benzene rings is 1. The zero-order valence-electron chi connectivity index (χ0n) is 10.8. The topological polar surface area (TPSA) is 56.7 Å². The van der Waals surface area contributed by atoms with E-state index < -0.39 is 0 Å². The molecule has 1 aromatic carbocycles. The van der Waals surface area contributed by atoms with Gasteiger partial charge in [-0.1, -0.05) is 18.2 Å². The first kappa shape index (κ1) is 12.3. The van der Waals surface area contributed by atoms with Crippen molar-refractivity contribution in [3.05, 3.63) is 46.5 Å². The van der Waals surface area contributed by atoms with Gasteiger partial charge in [0.1, 0.15) is 0 Å². The Hall–Kier alpha value is -1.72. The van der Waals surface area contributed by atoms with Crippen LogP contribution in [0.4, 0.5) is 0 Å². The number of nitrogens with two attached hydrogens (primary N) is 1. The van der Waals surface area contributed by atoms with Crippen LogP contribution in [0.3, 0.4) is 0 Å². The second-order valence-corrected chi connectivity index (χ2v) is 5.22. The number of aromatic nitrogens is 3. The van der Waals surface area contributed by atoms with Crippen molar-refractivity contribution in [2.75, 3.05) is 0 Å². The van der Waals surface area contributed by atoms with E-state index >= 15 is 0 Å². The lowest BCUT2D eigenvalue weighted by molar-refractivity contribution is 0.636. The molecule has 0 fully saturated rings. The maximum Gasteiger partial charge on any atom is 0.0795 e. The van der Waals surface area contributed by atoms with Crippen LogP contribution in [0.5, 0.6) is 0 Å². The highest BCUT2D eigenvalue weighted by molar-refractivity contribution is 7.07. The van der Waals surface area contributed by atoms with Crippen LogP contribution >= 0.6 is 11.3 Å². The molecule has 0 aliphatic heterocycles. The average Bonchev–Trinajstić information content (AvgIpc) is 3.07. The van der Waals surface area contributed by atoms with Crippen LogP contribution in [-0.4, -0.2) is 14.8 Å². The molecule has 3 rings (SSSR count). The second-order valence-electron chi connectivity index (χ2n) is 4.50. The van der Waals surface area contributed by atoms with Crippen molar-refractivity contribution in [1.82, 2.24) is 14.8 Å². The minimum absolute atomic E-state index is 0.0881. The largest absolute Gasteiger partial charge is 0.322 e. The number of aryl methyl sites for hydroxylation is 1. The Bertz CT molecular complexity index is 672. The third kappa shape index (κ3) is 2.27. The van der Waals surface area contributed by atoms with Crippen molar-refractivity contribution in [1.29, 1.82) is 0 Å². The lowest BCUT2D eigenvalue weighted by Gasteiger charge is -2.06. The van der Waals surface area contributed by atoms with Gasteiger partial charge in [-0.05, 0) is 13.0 Å². The van der Waals surface area contributed by atoms with Gasteiger partial charge in [-0.3, -0.25) is 4.68 Å². The second kappa shape index (κ2) is 5.11. The third-order valence-corrected chi connectivity index (χ3v) is 3.88. The molecule has 0 bridgehead atoms. The van der Waals surface area contributed by atoms with Crippen molar-refractivity contribution in [2.45, 2.75) is 25.9 Å². The molecule has 0 aliphatic carbocycles. The summed E-state index contributed by atoms with van der Waals surface area (Å²) in [5.74, 6) is 0. The van der Waals surface area contributed by atoms with Gasteiger partial charge in [0, 0.05) is 23.7 Å². The van der Waals surface area contributed by atoms with Gasteiger partial charge in [-0.2, -0.15) is 5.10 Å². The minimum Gasteiger partial charge on any atom is -0.322 e. The first-order valence-electron chi connectivity index (χ1n) is 6.37. The van der Waals surface area contributed by atoms with Gasteiger partial charge in [-0.25, -0.2) is 4.98 Å². The summed E-state index contributed by atoms with van der Waals surface area (Å²) in [7, 11) is 0. The van der Waals surface area contributed by atoms with Crippen molar-refractivity contribution in [3.8, 4) is 0 Å². The number of thiazole rings is 1. The Morgan fingerprint density at radius 2 is 2.21 bits per heavy atom. The first-order valence-corrected chi connectivity index (χ1v) is 7.32. The molecule has 2 aromatic heterocycles. The van der Waals surface area contributed by atoms with E-state index in [0.717, 1.165) is 24.4 Å². The predicted octanol–water partition coefficient (Wildman–Crippen LogP) is 2.76. The van der Waals surface area contributed by atoms with Crippen LogP contribution in [0.25, 0.3) is 10.9 Å². The lowest BCUT2D eigenvalue weighted by Crippen LogP contribution is -2.14. The molecular formula is C14H16N4S. The highest BCUT2D eigenvalue weighted by Gasteiger charge is 2.15. The average molecular weight is 272 g/mol. The summed E-state index contributed by atoms with van der Waals surface area (Å²) in [6, 6.07) is 8.21. The molecule has 5 heteroatoms. The van der Waals surface area contributed by atoms with Crippen LogP contribution < -0.4 is 5.73 Å². The van der Waals surface area contributed by atoms with E-state index in [2.05, 4.69) is 29.1 Å². The summed E-state index contributed by atoms with van der Waals surface area (Å²) < 4.78 is 2.03. The van der Waals surface area contributed by atoms with Crippen LogP contribution in [0.1, 0.15) is 24.4 Å². The van der Waals surface area contributed by atoms with Gasteiger partial charge >= 0.3 is 0 Å². The fraction of sp³-hybridized carbons (Fsp3) is 0.286. The third-order valence-electron chi connectivity index (χ3n) is 3.28. The van der Waals surface area contributed by atoms with Crippen molar-refractivity contribution in [3.63, 3.8) is 0 Å². The SMILES string of the molecule is CCn1nc(CC(N)c2cscn2)c2ccccc21. The van der Waals surface area contributed by atoms with Crippen molar-refractivity contribution < 1.29 is 0 Å². The summed E-state index contributed by atoms with van der Waals surface area (Å²) in [4.78, 5) is 4.28. The Kier molecular flexibility index (Phi) is 3.31. The summed E-state index contributed by atoms with van der Waals surface area (Å²) >= 11 is 1.58. The van der Waals surface area contributed by atoms with Gasteiger partial charge in [-0.15, -0.1) is 11.3 Å². The molecule has 0 radical (unpaired) electrons. The van der Waals surface area contributed by atoms with Gasteiger partial charge in [0.2, 0.25) is 0 Å². The molecule has 0 saturated heterocycles. The predicted molar refractivity (Wildman–Crippen MR) is 78.2 cm³/mol. The molecule has 3 aromatic rings. The molecule has 2 N–H and O–H groups in total. The summed E-state index contributed by atoms with van der Waals surface area (Å²) in [5.41, 5.74) is 11.2. The van der Waals surface area contributed by atoms with Crippen LogP contribution in [0.2, 0.25) is 0 Å². The summed E-state index contributed by atoms with van der Waals surface area (Å²) in [6.45, 7) is 2.97. The van der Waals surface area contributed by atoms with E-state index in [1.54, 1.807) is 11.3 Å². The lowest BCUT2D eigenvalue weighted by atomic mass is 10.1. The Morgan fingerprint density at radius 3 is 2.95 bits per heavy atom. The quantitative estimate of drug-likeness (QED) is 0.794. The van der Waals surface area contributed by atoms with Gasteiger partial charge < -0.3 is 5.73 Å². The monoisotopic (exact) mass is 272 g/mol. The molecule has 2 heterocycles. The smallest absolute Gasteiger partial charge is 0.0795 e. The van der Waals surface area contributed by atoms with E-state index in [0.29, 0.717) is 0 Å². The van der Waals surface area contributed by atoms with Crippen LogP contribution in [-0.2, 0) is 13.0 Å². The fourth-order valence-corrected chi connectivity index (χ4v) is 2.92. The fourth-order valence-electron chi connectivity index (χ4n) is 2.31. The maximum absolute atomic E-state index is 6.21. The first-order chi connectivity index (χ1) is 9.29. The molecule has 19 heavy (non-hydrogen) atoms. The molecule has 0 aliphatic rings. The number of fused-ring (bicyclic) bond motifs is 1. The molecular weight excluding hydrogens is 256 g/mol. The number of hydrogen-bond donors (Lipinski definition) is 1. The maximum atomic E-state index is 6.21. The van der Waals surface area contributed by atoms with E-state index in [-0.39, 0.29) is 6.04 Å². The number of hydrogen-bond acceptors (Lipinski definition) is 4. The van der Waals surface area contributed by atoms with Crippen LogP contribution in [0.15, 0.2) is 35.2 Å². The van der Waals surface area contributed by atoms with E-state index in [9.17, 15) is 0 Å². The summed E-state index contributed by atoms with van der Waals surface area (Å²) in [6.07, 6.45) is 0.719. The van der Waals surface area contributed by atoms with Crippen molar-refractivity contribution in [2.24, 2.45) is 5.73 Å². The van der Waals surface area contributed by atoms with Crippen LogP contribution in [0, 0.1) is 0 Å². The molecule has 0 amide bonds. The number of rotatable bonds is 4. The molecule has 1 atom stereocenters. The molecule has 4 nitrogen and oxygen atoms in total. The van der Waals surface area contributed by atoms with Gasteiger partial charge in [0.25, 0.3) is 0 Å². The highest BCUT2D eigenvalue weighted by Crippen LogP contribution is 2.23. The Balaban J connectivity index is 1.97. The molecule has 1 unspecified atom stereocenters. The highest BCUT2D eigenvalue weighted by atomic mass is 32.1.